The predicted molar refractivity (Wildman–Crippen MR) is 99.6 cm³/mol. The van der Waals surface area contributed by atoms with Gasteiger partial charge in [0.25, 0.3) is 5.91 Å². The van der Waals surface area contributed by atoms with Crippen LogP contribution in [0.1, 0.15) is 48.3 Å². The van der Waals surface area contributed by atoms with Crippen molar-refractivity contribution in [3.05, 3.63) is 59.4 Å². The van der Waals surface area contributed by atoms with Crippen molar-refractivity contribution in [1.82, 2.24) is 10.3 Å². The fourth-order valence-corrected chi connectivity index (χ4v) is 2.54. The monoisotopic (exact) mass is 339 g/mol. The molecule has 0 aliphatic carbocycles. The molecule has 2 aromatic rings. The number of aryl methyl sites for hydroxylation is 2. The van der Waals surface area contributed by atoms with Gasteiger partial charge in [-0.25, -0.2) is 0 Å². The molecule has 0 radical (unpaired) electrons. The van der Waals surface area contributed by atoms with Crippen LogP contribution in [0.3, 0.4) is 0 Å². The zero-order valence-corrected chi connectivity index (χ0v) is 15.0. The molecule has 1 aromatic heterocycles. The molecule has 0 spiro atoms. The molecule has 1 aromatic carbocycles. The third-order valence-electron chi connectivity index (χ3n) is 3.74. The highest BCUT2D eigenvalue weighted by Gasteiger charge is 2.11. The molecule has 2 N–H and O–H groups in total. The summed E-state index contributed by atoms with van der Waals surface area (Å²) in [7, 11) is 0. The van der Waals surface area contributed by atoms with E-state index in [1.807, 2.05) is 45.0 Å². The van der Waals surface area contributed by atoms with Gasteiger partial charge in [0.15, 0.2) is 0 Å². The Kier molecular flexibility index (Phi) is 6.69. The van der Waals surface area contributed by atoms with Crippen LogP contribution in [0.5, 0.6) is 0 Å². The largest absolute Gasteiger partial charge is 0.350 e. The number of benzene rings is 1. The summed E-state index contributed by atoms with van der Waals surface area (Å²) in [6, 6.07) is 11.2. The van der Waals surface area contributed by atoms with Crippen LogP contribution in [0, 0.1) is 6.92 Å². The number of amides is 2. The highest BCUT2D eigenvalue weighted by Crippen LogP contribution is 2.16. The van der Waals surface area contributed by atoms with E-state index in [1.165, 1.54) is 0 Å². The topological polar surface area (TPSA) is 71.1 Å². The van der Waals surface area contributed by atoms with Crippen LogP contribution < -0.4 is 10.6 Å². The molecular formula is C20H25N3O2. The van der Waals surface area contributed by atoms with Gasteiger partial charge in [-0.15, -0.1) is 0 Å². The molecular weight excluding hydrogens is 314 g/mol. The Morgan fingerprint density at radius 3 is 2.60 bits per heavy atom. The second-order valence-electron chi connectivity index (χ2n) is 6.38. The third kappa shape index (κ3) is 6.03. The zero-order chi connectivity index (χ0) is 18.2. The van der Waals surface area contributed by atoms with Crippen LogP contribution in [-0.2, 0) is 11.2 Å². The van der Waals surface area contributed by atoms with Crippen molar-refractivity contribution < 1.29 is 9.59 Å². The van der Waals surface area contributed by atoms with Crippen LogP contribution >= 0.6 is 0 Å². The summed E-state index contributed by atoms with van der Waals surface area (Å²) in [6.07, 6.45) is 3.72. The molecule has 5 nitrogen and oxygen atoms in total. The van der Waals surface area contributed by atoms with Crippen molar-refractivity contribution in [2.24, 2.45) is 0 Å². The lowest BCUT2D eigenvalue weighted by atomic mass is 10.1. The summed E-state index contributed by atoms with van der Waals surface area (Å²) in [4.78, 5) is 28.4. The van der Waals surface area contributed by atoms with E-state index in [0.29, 0.717) is 17.7 Å². The van der Waals surface area contributed by atoms with Crippen molar-refractivity contribution >= 4 is 17.5 Å². The summed E-state index contributed by atoms with van der Waals surface area (Å²) in [5, 5.41) is 5.76. The average molecular weight is 339 g/mol. The first-order valence-corrected chi connectivity index (χ1v) is 8.57. The fourth-order valence-electron chi connectivity index (χ4n) is 2.54. The maximum Gasteiger partial charge on any atom is 0.251 e. The van der Waals surface area contributed by atoms with Gasteiger partial charge in [0.2, 0.25) is 5.91 Å². The number of nitrogens with one attached hydrogen (secondary N) is 2. The van der Waals surface area contributed by atoms with Crippen molar-refractivity contribution in [3.63, 3.8) is 0 Å². The molecule has 0 aliphatic rings. The first-order chi connectivity index (χ1) is 12.0. The van der Waals surface area contributed by atoms with Crippen LogP contribution in [0.4, 0.5) is 5.69 Å². The Bertz CT molecular complexity index is 727. The summed E-state index contributed by atoms with van der Waals surface area (Å²) in [5.74, 6) is -0.129. The van der Waals surface area contributed by atoms with E-state index in [2.05, 4.69) is 15.6 Å². The van der Waals surface area contributed by atoms with E-state index in [1.54, 1.807) is 18.3 Å². The first-order valence-electron chi connectivity index (χ1n) is 8.57. The van der Waals surface area contributed by atoms with Crippen molar-refractivity contribution in [1.29, 1.82) is 0 Å². The van der Waals surface area contributed by atoms with Crippen molar-refractivity contribution in [2.75, 3.05) is 5.32 Å². The Hall–Kier alpha value is -2.69. The van der Waals surface area contributed by atoms with E-state index < -0.39 is 0 Å². The number of anilines is 1. The lowest BCUT2D eigenvalue weighted by Gasteiger charge is -2.12. The minimum Gasteiger partial charge on any atom is -0.350 e. The molecule has 0 atom stereocenters. The average Bonchev–Trinajstić information content (AvgIpc) is 2.55. The summed E-state index contributed by atoms with van der Waals surface area (Å²) in [6.45, 7) is 5.71. The van der Waals surface area contributed by atoms with Gasteiger partial charge in [-0.05, 0) is 69.5 Å². The normalized spacial score (nSPS) is 10.6. The Morgan fingerprint density at radius 1 is 1.16 bits per heavy atom. The minimum atomic E-state index is -0.0965. The zero-order valence-electron chi connectivity index (χ0n) is 15.0. The Morgan fingerprint density at radius 2 is 1.96 bits per heavy atom. The SMILES string of the molecule is Cc1cc(NC(=O)CCCc2ccccn2)ccc1C(=O)NC(C)C. The standard InChI is InChI=1S/C20H25N3O2/c1-14(2)22-20(25)18-11-10-17(13-15(18)3)23-19(24)9-6-8-16-7-4-5-12-21-16/h4-5,7,10-14H,6,8-9H2,1-3H3,(H,22,25)(H,23,24). The van der Waals surface area contributed by atoms with Crippen LogP contribution in [0.15, 0.2) is 42.6 Å². The van der Waals surface area contributed by atoms with Gasteiger partial charge in [0.1, 0.15) is 0 Å². The maximum absolute atomic E-state index is 12.1. The lowest BCUT2D eigenvalue weighted by molar-refractivity contribution is -0.116. The van der Waals surface area contributed by atoms with E-state index in [9.17, 15) is 9.59 Å². The van der Waals surface area contributed by atoms with Crippen LogP contribution in [-0.4, -0.2) is 22.8 Å². The number of carbonyl (C=O) groups excluding carboxylic acids is 2. The number of rotatable bonds is 7. The summed E-state index contributed by atoms with van der Waals surface area (Å²) < 4.78 is 0. The van der Waals surface area contributed by atoms with Crippen molar-refractivity contribution in [3.8, 4) is 0 Å². The molecule has 0 saturated heterocycles. The molecule has 25 heavy (non-hydrogen) atoms. The molecule has 132 valence electrons. The van der Waals surface area contributed by atoms with Gasteiger partial charge in [0.05, 0.1) is 0 Å². The van der Waals surface area contributed by atoms with E-state index in [4.69, 9.17) is 0 Å². The van der Waals surface area contributed by atoms with Gasteiger partial charge < -0.3 is 10.6 Å². The predicted octanol–water partition coefficient (Wildman–Crippen LogP) is 3.49. The highest BCUT2D eigenvalue weighted by atomic mass is 16.2. The number of pyridine rings is 1. The van der Waals surface area contributed by atoms with E-state index in [-0.39, 0.29) is 17.9 Å². The number of aromatic nitrogens is 1. The third-order valence-corrected chi connectivity index (χ3v) is 3.74. The Labute approximate surface area is 148 Å². The fraction of sp³-hybridized carbons (Fsp3) is 0.350. The molecule has 5 heteroatoms. The molecule has 0 fully saturated rings. The number of carbonyl (C=O) groups is 2. The molecule has 0 unspecified atom stereocenters. The van der Waals surface area contributed by atoms with E-state index >= 15 is 0 Å². The smallest absolute Gasteiger partial charge is 0.251 e. The maximum atomic E-state index is 12.1. The molecule has 2 amide bonds. The molecule has 0 bridgehead atoms. The van der Waals surface area contributed by atoms with Gasteiger partial charge >= 0.3 is 0 Å². The second kappa shape index (κ2) is 8.97. The van der Waals surface area contributed by atoms with Crippen LogP contribution in [0.2, 0.25) is 0 Å². The van der Waals surface area contributed by atoms with Gasteiger partial charge in [-0.1, -0.05) is 6.07 Å². The molecule has 1 heterocycles. The Balaban J connectivity index is 1.86. The molecule has 0 aliphatic heterocycles. The molecule has 0 saturated carbocycles. The quantitative estimate of drug-likeness (QED) is 0.811. The first kappa shape index (κ1) is 18.6. The number of nitrogens with zero attached hydrogens (tertiary/aromatic N) is 1. The molecule has 2 rings (SSSR count). The summed E-state index contributed by atoms with van der Waals surface area (Å²) in [5.41, 5.74) is 3.17. The van der Waals surface area contributed by atoms with E-state index in [0.717, 1.165) is 24.1 Å². The highest BCUT2D eigenvalue weighted by molar-refractivity contribution is 5.97. The number of hydrogen-bond acceptors (Lipinski definition) is 3. The summed E-state index contributed by atoms with van der Waals surface area (Å²) >= 11 is 0. The van der Waals surface area contributed by atoms with Crippen molar-refractivity contribution in [2.45, 2.75) is 46.1 Å². The van der Waals surface area contributed by atoms with Gasteiger partial charge in [-0.2, -0.15) is 0 Å². The lowest BCUT2D eigenvalue weighted by Crippen LogP contribution is -2.30. The van der Waals surface area contributed by atoms with Crippen LogP contribution in [0.25, 0.3) is 0 Å². The second-order valence-corrected chi connectivity index (χ2v) is 6.38. The van der Waals surface area contributed by atoms with Gasteiger partial charge in [0, 0.05) is 35.6 Å². The minimum absolute atomic E-state index is 0.0327. The van der Waals surface area contributed by atoms with Gasteiger partial charge in [-0.3, -0.25) is 14.6 Å². The number of hydrogen-bond donors (Lipinski definition) is 2.